The van der Waals surface area contributed by atoms with Gasteiger partial charge < -0.3 is 10.0 Å². The highest BCUT2D eigenvalue weighted by atomic mass is 79.9. The molecule has 1 N–H and O–H groups in total. The highest BCUT2D eigenvalue weighted by Gasteiger charge is 2.28. The van der Waals surface area contributed by atoms with E-state index in [0.29, 0.717) is 5.75 Å². The summed E-state index contributed by atoms with van der Waals surface area (Å²) >= 11 is 3.52. The Balaban J connectivity index is 1.83. The van der Waals surface area contributed by atoms with Gasteiger partial charge in [0.1, 0.15) is 5.75 Å². The van der Waals surface area contributed by atoms with Crippen LogP contribution in [-0.4, -0.2) is 5.11 Å². The molecule has 0 saturated carbocycles. The van der Waals surface area contributed by atoms with Crippen LogP contribution < -0.4 is 4.90 Å². The number of nitrogens with zero attached hydrogens (tertiary/aromatic N) is 1. The van der Waals surface area contributed by atoms with Gasteiger partial charge >= 0.3 is 0 Å². The number of phenols is 1. The van der Waals surface area contributed by atoms with Gasteiger partial charge in [-0.05, 0) is 66.4 Å². The quantitative estimate of drug-likeness (QED) is 0.591. The van der Waals surface area contributed by atoms with Gasteiger partial charge in [0.25, 0.3) is 0 Å². The second-order valence-electron chi connectivity index (χ2n) is 6.12. The first kappa shape index (κ1) is 15.3. The number of halogens is 1. The van der Waals surface area contributed by atoms with Crippen LogP contribution in [0.15, 0.2) is 77.3 Å². The molecule has 1 unspecified atom stereocenters. The fraction of sp³-hybridized carbons (Fsp3) is 0.143. The summed E-state index contributed by atoms with van der Waals surface area (Å²) in [6, 6.07) is 25.0. The van der Waals surface area contributed by atoms with Crippen molar-refractivity contribution in [3.8, 4) is 5.75 Å². The zero-order chi connectivity index (χ0) is 16.5. The van der Waals surface area contributed by atoms with Crippen molar-refractivity contribution >= 4 is 27.3 Å². The SMILES string of the molecule is Oc1ccc(N2c3ccccc3CCC2c2ccc(Br)cc2)cc1. The van der Waals surface area contributed by atoms with Crippen LogP contribution in [0, 0.1) is 0 Å². The number of fused-ring (bicyclic) bond motifs is 1. The number of hydrogen-bond donors (Lipinski definition) is 1. The van der Waals surface area contributed by atoms with Crippen molar-refractivity contribution < 1.29 is 5.11 Å². The van der Waals surface area contributed by atoms with Gasteiger partial charge in [-0.25, -0.2) is 0 Å². The third-order valence-electron chi connectivity index (χ3n) is 4.63. The van der Waals surface area contributed by atoms with Crippen molar-refractivity contribution in [1.82, 2.24) is 0 Å². The molecule has 1 aliphatic heterocycles. The summed E-state index contributed by atoms with van der Waals surface area (Å²) in [5.74, 6) is 0.296. The number of phenolic OH excluding ortho intramolecular Hbond substituents is 1. The molecule has 3 aromatic rings. The molecule has 0 spiro atoms. The summed E-state index contributed by atoms with van der Waals surface area (Å²) in [5.41, 5.74) is 5.04. The standard InChI is InChI=1S/C21H18BrNO/c22-17-8-5-16(6-9-17)21-14-7-15-3-1-2-4-20(15)23(21)18-10-12-19(24)13-11-18/h1-6,8-13,21,24H,7,14H2. The fourth-order valence-corrected chi connectivity index (χ4v) is 3.74. The number of hydrogen-bond acceptors (Lipinski definition) is 2. The maximum atomic E-state index is 9.64. The third kappa shape index (κ3) is 2.80. The lowest BCUT2D eigenvalue weighted by molar-refractivity contribution is 0.475. The van der Waals surface area contributed by atoms with E-state index in [1.807, 2.05) is 12.1 Å². The molecule has 1 atom stereocenters. The topological polar surface area (TPSA) is 23.5 Å². The minimum Gasteiger partial charge on any atom is -0.508 e. The van der Waals surface area contributed by atoms with Crippen molar-refractivity contribution in [3.63, 3.8) is 0 Å². The van der Waals surface area contributed by atoms with Gasteiger partial charge in [0.15, 0.2) is 0 Å². The molecule has 0 aromatic heterocycles. The summed E-state index contributed by atoms with van der Waals surface area (Å²) in [5, 5.41) is 9.64. The minimum absolute atomic E-state index is 0.289. The molecule has 3 heteroatoms. The van der Waals surface area contributed by atoms with Crippen molar-refractivity contribution in [2.45, 2.75) is 18.9 Å². The first-order chi connectivity index (χ1) is 11.7. The summed E-state index contributed by atoms with van der Waals surface area (Å²) in [6.45, 7) is 0. The summed E-state index contributed by atoms with van der Waals surface area (Å²) in [7, 11) is 0. The molecular weight excluding hydrogens is 362 g/mol. The van der Waals surface area contributed by atoms with E-state index in [1.54, 1.807) is 12.1 Å². The van der Waals surface area contributed by atoms with Crippen LogP contribution in [0.1, 0.15) is 23.6 Å². The monoisotopic (exact) mass is 379 g/mol. The van der Waals surface area contributed by atoms with Crippen LogP contribution >= 0.6 is 15.9 Å². The summed E-state index contributed by atoms with van der Waals surface area (Å²) < 4.78 is 1.10. The van der Waals surface area contributed by atoms with Gasteiger partial charge in [-0.1, -0.05) is 46.3 Å². The van der Waals surface area contributed by atoms with E-state index in [2.05, 4.69) is 69.4 Å². The lowest BCUT2D eigenvalue weighted by Gasteiger charge is -2.39. The molecule has 120 valence electrons. The predicted molar refractivity (Wildman–Crippen MR) is 102 cm³/mol. The molecule has 0 radical (unpaired) electrons. The first-order valence-corrected chi connectivity index (χ1v) is 8.93. The van der Waals surface area contributed by atoms with Crippen LogP contribution in [0.2, 0.25) is 0 Å². The van der Waals surface area contributed by atoms with Gasteiger partial charge in [0.05, 0.1) is 6.04 Å². The van der Waals surface area contributed by atoms with Gasteiger partial charge in [0.2, 0.25) is 0 Å². The Morgan fingerprint density at radius 3 is 2.33 bits per heavy atom. The molecule has 24 heavy (non-hydrogen) atoms. The lowest BCUT2D eigenvalue weighted by Crippen LogP contribution is -2.28. The van der Waals surface area contributed by atoms with E-state index in [0.717, 1.165) is 23.0 Å². The minimum atomic E-state index is 0.289. The van der Waals surface area contributed by atoms with Crippen molar-refractivity contribution in [2.75, 3.05) is 4.90 Å². The Morgan fingerprint density at radius 2 is 1.58 bits per heavy atom. The van der Waals surface area contributed by atoms with Crippen LogP contribution in [0.3, 0.4) is 0 Å². The smallest absolute Gasteiger partial charge is 0.115 e. The van der Waals surface area contributed by atoms with E-state index in [4.69, 9.17) is 0 Å². The molecule has 1 heterocycles. The normalized spacial score (nSPS) is 16.7. The molecule has 3 aromatic carbocycles. The van der Waals surface area contributed by atoms with Crippen molar-refractivity contribution in [2.24, 2.45) is 0 Å². The van der Waals surface area contributed by atoms with E-state index >= 15 is 0 Å². The number of para-hydroxylation sites is 1. The molecular formula is C21H18BrNO. The molecule has 0 saturated heterocycles. The first-order valence-electron chi connectivity index (χ1n) is 8.14. The van der Waals surface area contributed by atoms with E-state index < -0.39 is 0 Å². The largest absolute Gasteiger partial charge is 0.508 e. The lowest BCUT2D eigenvalue weighted by atomic mass is 9.90. The maximum absolute atomic E-state index is 9.64. The Morgan fingerprint density at radius 1 is 0.875 bits per heavy atom. The van der Waals surface area contributed by atoms with Crippen molar-refractivity contribution in [1.29, 1.82) is 0 Å². The van der Waals surface area contributed by atoms with Crippen LogP contribution in [0.5, 0.6) is 5.75 Å². The molecule has 0 bridgehead atoms. The highest BCUT2D eigenvalue weighted by Crippen LogP contribution is 2.43. The van der Waals surface area contributed by atoms with E-state index in [1.165, 1.54) is 16.8 Å². The van der Waals surface area contributed by atoms with E-state index in [9.17, 15) is 5.11 Å². The molecule has 0 amide bonds. The number of rotatable bonds is 2. The van der Waals surface area contributed by atoms with Gasteiger partial charge in [-0.3, -0.25) is 0 Å². The number of aromatic hydroxyl groups is 1. The summed E-state index contributed by atoms with van der Waals surface area (Å²) in [6.07, 6.45) is 2.14. The van der Waals surface area contributed by atoms with Gasteiger partial charge in [0, 0.05) is 15.8 Å². The maximum Gasteiger partial charge on any atom is 0.115 e. The van der Waals surface area contributed by atoms with Crippen LogP contribution in [0.25, 0.3) is 0 Å². The number of benzene rings is 3. The molecule has 0 aliphatic carbocycles. The Hall–Kier alpha value is -2.26. The molecule has 1 aliphatic rings. The molecule has 2 nitrogen and oxygen atoms in total. The van der Waals surface area contributed by atoms with Gasteiger partial charge in [-0.15, -0.1) is 0 Å². The second kappa shape index (κ2) is 6.33. The zero-order valence-corrected chi connectivity index (χ0v) is 14.8. The van der Waals surface area contributed by atoms with Gasteiger partial charge in [-0.2, -0.15) is 0 Å². The Bertz CT molecular complexity index is 842. The van der Waals surface area contributed by atoms with Crippen LogP contribution in [0.4, 0.5) is 11.4 Å². The second-order valence-corrected chi connectivity index (χ2v) is 7.04. The van der Waals surface area contributed by atoms with Crippen LogP contribution in [-0.2, 0) is 6.42 Å². The third-order valence-corrected chi connectivity index (χ3v) is 5.16. The summed E-state index contributed by atoms with van der Waals surface area (Å²) in [4.78, 5) is 2.39. The Kier molecular flexibility index (Phi) is 4.03. The zero-order valence-electron chi connectivity index (χ0n) is 13.2. The fourth-order valence-electron chi connectivity index (χ4n) is 3.48. The molecule has 4 rings (SSSR count). The number of anilines is 2. The highest BCUT2D eigenvalue weighted by molar-refractivity contribution is 9.10. The van der Waals surface area contributed by atoms with E-state index in [-0.39, 0.29) is 6.04 Å². The average molecular weight is 380 g/mol. The predicted octanol–water partition coefficient (Wildman–Crippen LogP) is 5.98. The van der Waals surface area contributed by atoms with Crippen molar-refractivity contribution in [3.05, 3.63) is 88.4 Å². The Labute approximate surface area is 150 Å². The molecule has 0 fully saturated rings. The average Bonchev–Trinajstić information content (AvgIpc) is 2.62. The number of aryl methyl sites for hydroxylation is 1.